The summed E-state index contributed by atoms with van der Waals surface area (Å²) in [5.41, 5.74) is 3.10. The topological polar surface area (TPSA) is 83.0 Å². The second kappa shape index (κ2) is 8.06. The first-order valence-corrected chi connectivity index (χ1v) is 8.15. The molecule has 2 heterocycles. The minimum absolute atomic E-state index is 0.283. The van der Waals surface area contributed by atoms with E-state index in [-0.39, 0.29) is 5.91 Å². The highest BCUT2D eigenvalue weighted by molar-refractivity contribution is 6.03. The van der Waals surface area contributed by atoms with Crippen LogP contribution < -0.4 is 15.5 Å². The molecule has 26 heavy (non-hydrogen) atoms. The Balaban J connectivity index is 1.64. The van der Waals surface area contributed by atoms with Crippen molar-refractivity contribution in [1.82, 2.24) is 15.0 Å². The summed E-state index contributed by atoms with van der Waals surface area (Å²) in [5.74, 6) is 0.298. The highest BCUT2D eigenvalue weighted by Crippen LogP contribution is 2.16. The molecule has 0 fully saturated rings. The van der Waals surface area contributed by atoms with Crippen LogP contribution in [0, 0.1) is 0 Å². The molecule has 0 aliphatic heterocycles. The Bertz CT molecular complexity index is 865. The number of hydrogen-bond donors (Lipinski definition) is 2. The number of carbonyl (C=O) groups is 1. The summed E-state index contributed by atoms with van der Waals surface area (Å²) in [7, 11) is 3.93. The number of rotatable bonds is 6. The van der Waals surface area contributed by atoms with Gasteiger partial charge in [0.05, 0.1) is 0 Å². The van der Waals surface area contributed by atoms with Gasteiger partial charge in [0, 0.05) is 50.5 Å². The van der Waals surface area contributed by atoms with Crippen LogP contribution in [0.2, 0.25) is 0 Å². The van der Waals surface area contributed by atoms with Gasteiger partial charge in [-0.25, -0.2) is 9.97 Å². The van der Waals surface area contributed by atoms with Gasteiger partial charge in [-0.05, 0) is 35.9 Å². The fourth-order valence-electron chi connectivity index (χ4n) is 2.31. The van der Waals surface area contributed by atoms with Crippen LogP contribution in [-0.4, -0.2) is 35.0 Å². The molecule has 2 N–H and O–H groups in total. The maximum Gasteiger partial charge on any atom is 0.274 e. The number of nitrogens with zero attached hydrogens (tertiary/aromatic N) is 4. The Morgan fingerprint density at radius 1 is 1.12 bits per heavy atom. The van der Waals surface area contributed by atoms with Crippen LogP contribution in [0.3, 0.4) is 0 Å². The van der Waals surface area contributed by atoms with Gasteiger partial charge < -0.3 is 15.5 Å². The smallest absolute Gasteiger partial charge is 0.274 e. The molecule has 3 rings (SSSR count). The van der Waals surface area contributed by atoms with Gasteiger partial charge in [0.15, 0.2) is 0 Å². The molecule has 0 unspecified atom stereocenters. The molecule has 0 atom stereocenters. The minimum atomic E-state index is -0.283. The SMILES string of the molecule is CN(C)c1ccc(NC(=O)c2cc(NCc3cccnc3)ncn2)cc1. The maximum atomic E-state index is 12.4. The van der Waals surface area contributed by atoms with Gasteiger partial charge in [-0.15, -0.1) is 0 Å². The molecule has 1 amide bonds. The molecule has 3 aromatic rings. The molecule has 0 spiro atoms. The molecule has 7 heteroatoms. The van der Waals surface area contributed by atoms with E-state index in [9.17, 15) is 4.79 Å². The first-order chi connectivity index (χ1) is 12.6. The number of aromatic nitrogens is 3. The lowest BCUT2D eigenvalue weighted by atomic mass is 10.2. The normalized spacial score (nSPS) is 10.2. The Morgan fingerprint density at radius 2 is 1.92 bits per heavy atom. The van der Waals surface area contributed by atoms with E-state index >= 15 is 0 Å². The highest BCUT2D eigenvalue weighted by atomic mass is 16.1. The van der Waals surface area contributed by atoms with Gasteiger partial charge in [-0.2, -0.15) is 0 Å². The zero-order chi connectivity index (χ0) is 18.4. The molecule has 132 valence electrons. The van der Waals surface area contributed by atoms with E-state index in [4.69, 9.17) is 0 Å². The quantitative estimate of drug-likeness (QED) is 0.713. The number of amides is 1. The van der Waals surface area contributed by atoms with Crippen molar-refractivity contribution in [2.24, 2.45) is 0 Å². The molecule has 0 bridgehead atoms. The van der Waals surface area contributed by atoms with Gasteiger partial charge in [-0.3, -0.25) is 9.78 Å². The Labute approximate surface area is 152 Å². The summed E-state index contributed by atoms with van der Waals surface area (Å²) in [6.45, 7) is 0.567. The van der Waals surface area contributed by atoms with Crippen molar-refractivity contribution >= 4 is 23.1 Å². The zero-order valence-corrected chi connectivity index (χ0v) is 14.7. The van der Waals surface area contributed by atoms with Crippen molar-refractivity contribution < 1.29 is 4.79 Å². The van der Waals surface area contributed by atoms with Gasteiger partial charge in [0.1, 0.15) is 17.8 Å². The number of pyridine rings is 1. The van der Waals surface area contributed by atoms with E-state index in [1.54, 1.807) is 18.5 Å². The summed E-state index contributed by atoms with van der Waals surface area (Å²) in [6.07, 6.45) is 4.87. The lowest BCUT2D eigenvalue weighted by Gasteiger charge is -2.13. The van der Waals surface area contributed by atoms with Crippen LogP contribution in [0.4, 0.5) is 17.2 Å². The Kier molecular flexibility index (Phi) is 5.38. The number of nitrogens with one attached hydrogen (secondary N) is 2. The van der Waals surface area contributed by atoms with Gasteiger partial charge in [-0.1, -0.05) is 6.07 Å². The average molecular weight is 348 g/mol. The fourth-order valence-corrected chi connectivity index (χ4v) is 2.31. The molecular weight excluding hydrogens is 328 g/mol. The summed E-state index contributed by atoms with van der Waals surface area (Å²) in [4.78, 5) is 26.7. The van der Waals surface area contributed by atoms with E-state index in [0.29, 0.717) is 23.7 Å². The van der Waals surface area contributed by atoms with Crippen molar-refractivity contribution in [3.8, 4) is 0 Å². The zero-order valence-electron chi connectivity index (χ0n) is 14.7. The van der Waals surface area contributed by atoms with Crippen molar-refractivity contribution in [3.05, 3.63) is 72.4 Å². The van der Waals surface area contributed by atoms with Gasteiger partial charge >= 0.3 is 0 Å². The van der Waals surface area contributed by atoms with Crippen molar-refractivity contribution in [2.45, 2.75) is 6.54 Å². The van der Waals surface area contributed by atoms with Crippen LogP contribution in [0.25, 0.3) is 0 Å². The van der Waals surface area contributed by atoms with Crippen molar-refractivity contribution in [3.63, 3.8) is 0 Å². The molecular formula is C19H20N6O. The summed E-state index contributed by atoms with van der Waals surface area (Å²) in [5, 5.41) is 6.00. The predicted octanol–water partition coefficient (Wildman–Crippen LogP) is 2.80. The molecule has 0 radical (unpaired) electrons. The van der Waals surface area contributed by atoms with E-state index in [1.807, 2.05) is 55.4 Å². The summed E-state index contributed by atoms with van der Waals surface area (Å²) >= 11 is 0. The highest BCUT2D eigenvalue weighted by Gasteiger charge is 2.09. The van der Waals surface area contributed by atoms with Crippen LogP contribution >= 0.6 is 0 Å². The van der Waals surface area contributed by atoms with E-state index in [2.05, 4.69) is 25.6 Å². The second-order valence-corrected chi connectivity index (χ2v) is 5.90. The number of carbonyl (C=O) groups excluding carboxylic acids is 1. The van der Waals surface area contributed by atoms with E-state index < -0.39 is 0 Å². The maximum absolute atomic E-state index is 12.4. The molecule has 1 aromatic carbocycles. The third kappa shape index (κ3) is 4.54. The largest absolute Gasteiger partial charge is 0.378 e. The van der Waals surface area contributed by atoms with E-state index in [0.717, 1.165) is 11.3 Å². The molecule has 0 saturated heterocycles. The lowest BCUT2D eigenvalue weighted by Crippen LogP contribution is -2.15. The lowest BCUT2D eigenvalue weighted by molar-refractivity contribution is 0.102. The first kappa shape index (κ1) is 17.3. The van der Waals surface area contributed by atoms with Crippen molar-refractivity contribution in [1.29, 1.82) is 0 Å². The summed E-state index contributed by atoms with van der Waals surface area (Å²) < 4.78 is 0. The van der Waals surface area contributed by atoms with Gasteiger partial charge in [0.25, 0.3) is 5.91 Å². The van der Waals surface area contributed by atoms with E-state index in [1.165, 1.54) is 6.33 Å². The van der Waals surface area contributed by atoms with Crippen LogP contribution in [0.15, 0.2) is 61.2 Å². The Hall–Kier alpha value is -3.48. The molecule has 0 aliphatic carbocycles. The third-order valence-electron chi connectivity index (χ3n) is 3.74. The molecule has 2 aromatic heterocycles. The monoisotopic (exact) mass is 348 g/mol. The minimum Gasteiger partial charge on any atom is -0.378 e. The number of benzene rings is 1. The molecule has 0 saturated carbocycles. The first-order valence-electron chi connectivity index (χ1n) is 8.15. The average Bonchev–Trinajstić information content (AvgIpc) is 2.68. The standard InChI is InChI=1S/C19H20N6O/c1-25(2)16-7-5-15(6-8-16)24-19(26)17-10-18(23-13-22-17)21-12-14-4-3-9-20-11-14/h3-11,13H,12H2,1-2H3,(H,24,26)(H,21,22,23). The molecule has 7 nitrogen and oxygen atoms in total. The van der Waals surface area contributed by atoms with Gasteiger partial charge in [0.2, 0.25) is 0 Å². The number of hydrogen-bond acceptors (Lipinski definition) is 6. The van der Waals surface area contributed by atoms with Crippen LogP contribution in [0.5, 0.6) is 0 Å². The third-order valence-corrected chi connectivity index (χ3v) is 3.74. The Morgan fingerprint density at radius 3 is 2.62 bits per heavy atom. The molecule has 0 aliphatic rings. The number of anilines is 3. The summed E-state index contributed by atoms with van der Waals surface area (Å²) in [6, 6.07) is 13.1. The fraction of sp³-hybridized carbons (Fsp3) is 0.158. The van der Waals surface area contributed by atoms with Crippen LogP contribution in [-0.2, 0) is 6.54 Å². The predicted molar refractivity (Wildman–Crippen MR) is 102 cm³/mol. The second-order valence-electron chi connectivity index (χ2n) is 5.90. The van der Waals surface area contributed by atoms with Crippen LogP contribution in [0.1, 0.15) is 16.1 Å². The van der Waals surface area contributed by atoms with Crippen molar-refractivity contribution in [2.75, 3.05) is 29.6 Å².